The first-order valence-corrected chi connectivity index (χ1v) is 22.0. The van der Waals surface area contributed by atoms with Gasteiger partial charge in [-0.15, -0.1) is 69.8 Å². The minimum absolute atomic E-state index is 0. The van der Waals surface area contributed by atoms with Gasteiger partial charge in [0.25, 0.3) is 0 Å². The van der Waals surface area contributed by atoms with Crippen molar-refractivity contribution in [3.05, 3.63) is 143 Å². The Morgan fingerprint density at radius 1 is 0.738 bits per heavy atom. The van der Waals surface area contributed by atoms with E-state index in [9.17, 15) is 9.90 Å². The molecule has 0 fully saturated rings. The molecule has 2 heterocycles. The zero-order valence-electron chi connectivity index (χ0n) is 40.4. The standard InChI is InChI=1S/C22H24N.C20H20N.C14H26O2.Ir/c1-15-10-16(2)12-19(11-15)21-20-7-6-17(14-22(3,4)5)13-18(20)8-9-23-21;1-13(2)16-5-6-19-17(12-16)7-8-21-20(19)18-10-14(3)9-15(4)11-18;1-6-11(7-2)12(15)10-13(16)14(5,8-3)9-4;/h6-11,13H,14H2,1-5H3;5-10,12-13H,1-4H3;10-11,15H,6-9H2,1-5H3;/q2*-1;;/b;;12-10-;/i;8D;;. The Morgan fingerprint density at radius 3 is 1.75 bits per heavy atom. The second-order valence-electron chi connectivity index (χ2n) is 18.4. The summed E-state index contributed by atoms with van der Waals surface area (Å²) in [6.45, 7) is 29.6. The fraction of sp³-hybridized carbons (Fsp3) is 0.411. The molecule has 0 atom stereocenters. The van der Waals surface area contributed by atoms with E-state index in [1.54, 1.807) is 0 Å². The third-order valence-electron chi connectivity index (χ3n) is 11.6. The Kier molecular flexibility index (Phi) is 18.2. The Hall–Kier alpha value is -4.44. The maximum atomic E-state index is 12.0. The summed E-state index contributed by atoms with van der Waals surface area (Å²) in [5.41, 5.74) is 11.3. The van der Waals surface area contributed by atoms with Gasteiger partial charge in [0.15, 0.2) is 5.78 Å². The van der Waals surface area contributed by atoms with E-state index in [4.69, 9.17) is 1.37 Å². The molecule has 0 aliphatic rings. The molecule has 0 spiro atoms. The summed E-state index contributed by atoms with van der Waals surface area (Å²) in [7, 11) is 0. The van der Waals surface area contributed by atoms with Gasteiger partial charge in [0.05, 0.1) is 7.13 Å². The van der Waals surface area contributed by atoms with Crippen LogP contribution in [0.15, 0.2) is 97.0 Å². The van der Waals surface area contributed by atoms with E-state index >= 15 is 0 Å². The minimum Gasteiger partial charge on any atom is -0.512 e. The third-order valence-corrected chi connectivity index (χ3v) is 11.6. The van der Waals surface area contributed by atoms with Crippen molar-refractivity contribution in [2.75, 3.05) is 0 Å². The monoisotopic (exact) mass is 997 g/mol. The van der Waals surface area contributed by atoms with Crippen LogP contribution < -0.4 is 0 Å². The van der Waals surface area contributed by atoms with Crippen LogP contribution in [0.4, 0.5) is 0 Å². The normalized spacial score (nSPS) is 12.1. The molecule has 61 heavy (non-hydrogen) atoms. The predicted octanol–water partition coefficient (Wildman–Crippen LogP) is 15.6. The van der Waals surface area contributed by atoms with Crippen LogP contribution in [0.3, 0.4) is 0 Å². The van der Waals surface area contributed by atoms with Crippen LogP contribution in [0.1, 0.15) is 136 Å². The molecule has 6 rings (SSSR count). The van der Waals surface area contributed by atoms with Crippen molar-refractivity contribution in [1.29, 1.82) is 0 Å². The van der Waals surface area contributed by atoms with Gasteiger partial charge in [-0.05, 0) is 99.6 Å². The Bertz CT molecular complexity index is 2430. The molecule has 1 radical (unpaired) electrons. The number of aliphatic hydroxyl groups is 1. The molecule has 4 nitrogen and oxygen atoms in total. The SMILES string of the molecule is CCC(CC)/C(O)=C/C(=O)C(C)(CC)CC.Cc1[c-]c(-c2nccc3cc(CC(C)(C)C)ccc23)cc(C)c1.[2H]c1cc2cc(C(C)C)ccc2c(-c2[c-]c(C)cc(C)c2)n1.[Ir]. The zero-order chi connectivity index (χ0) is 45.2. The van der Waals surface area contributed by atoms with E-state index < -0.39 is 0 Å². The third kappa shape index (κ3) is 14.0. The van der Waals surface area contributed by atoms with Gasteiger partial charge in [-0.25, -0.2) is 0 Å². The molecule has 0 saturated carbocycles. The average molecular weight is 996 g/mol. The van der Waals surface area contributed by atoms with E-state index in [1.165, 1.54) is 39.1 Å². The van der Waals surface area contributed by atoms with Crippen LogP contribution in [0.5, 0.6) is 0 Å². The van der Waals surface area contributed by atoms with E-state index in [-0.39, 0.29) is 43.0 Å². The Balaban J connectivity index is 0.000000251. The second kappa shape index (κ2) is 22.6. The predicted molar refractivity (Wildman–Crippen MR) is 257 cm³/mol. The summed E-state index contributed by atoms with van der Waals surface area (Å²) in [4.78, 5) is 21.1. The molecule has 1 N–H and O–H groups in total. The van der Waals surface area contributed by atoms with Gasteiger partial charge in [-0.1, -0.05) is 133 Å². The summed E-state index contributed by atoms with van der Waals surface area (Å²) < 4.78 is 8.03. The molecule has 0 unspecified atom stereocenters. The van der Waals surface area contributed by atoms with Crippen LogP contribution in [0.2, 0.25) is 0 Å². The molecule has 0 saturated heterocycles. The molecule has 0 amide bonds. The van der Waals surface area contributed by atoms with Gasteiger partial charge in [-0.2, -0.15) is 0 Å². The Morgan fingerprint density at radius 2 is 1.26 bits per heavy atom. The van der Waals surface area contributed by atoms with Crippen LogP contribution >= 0.6 is 0 Å². The van der Waals surface area contributed by atoms with Crippen molar-refractivity contribution < 1.29 is 31.4 Å². The summed E-state index contributed by atoms with van der Waals surface area (Å²) >= 11 is 0. The van der Waals surface area contributed by atoms with Gasteiger partial charge in [-0.3, -0.25) is 4.79 Å². The van der Waals surface area contributed by atoms with Crippen LogP contribution in [0.25, 0.3) is 44.1 Å². The van der Waals surface area contributed by atoms with Gasteiger partial charge in [0, 0.05) is 49.9 Å². The number of allylic oxidation sites excluding steroid dienone is 2. The van der Waals surface area contributed by atoms with E-state index in [1.807, 2.05) is 53.8 Å². The quantitative estimate of drug-likeness (QED) is 0.0798. The van der Waals surface area contributed by atoms with Crippen LogP contribution in [0, 0.1) is 56.6 Å². The minimum atomic E-state index is -0.319. The number of benzene rings is 4. The first kappa shape index (κ1) is 49.2. The summed E-state index contributed by atoms with van der Waals surface area (Å²) in [6.07, 6.45) is 8.12. The number of carbonyl (C=O) groups is 1. The topological polar surface area (TPSA) is 63.1 Å². The van der Waals surface area contributed by atoms with Crippen molar-refractivity contribution in [3.63, 3.8) is 0 Å². The molecule has 2 aromatic heterocycles. The van der Waals surface area contributed by atoms with Gasteiger partial charge in [0.2, 0.25) is 0 Å². The van der Waals surface area contributed by atoms with Crippen molar-refractivity contribution in [1.82, 2.24) is 9.97 Å². The number of aryl methyl sites for hydroxylation is 4. The summed E-state index contributed by atoms with van der Waals surface area (Å²) in [5, 5.41) is 14.5. The molecule has 0 aliphatic carbocycles. The van der Waals surface area contributed by atoms with Gasteiger partial charge < -0.3 is 15.1 Å². The first-order chi connectivity index (χ1) is 28.7. The van der Waals surface area contributed by atoms with Crippen molar-refractivity contribution in [2.24, 2.45) is 16.7 Å². The van der Waals surface area contributed by atoms with Crippen molar-refractivity contribution >= 4 is 27.3 Å². The van der Waals surface area contributed by atoms with E-state index in [0.717, 1.165) is 76.5 Å². The van der Waals surface area contributed by atoms with Crippen LogP contribution in [-0.4, -0.2) is 20.9 Å². The maximum absolute atomic E-state index is 12.0. The number of nitrogens with zero attached hydrogens (tertiary/aromatic N) is 2. The number of fused-ring (bicyclic) bond motifs is 2. The fourth-order valence-corrected chi connectivity index (χ4v) is 7.65. The van der Waals surface area contributed by atoms with Crippen molar-refractivity contribution in [2.45, 2.75) is 135 Å². The largest absolute Gasteiger partial charge is 0.512 e. The summed E-state index contributed by atoms with van der Waals surface area (Å²) in [6, 6.07) is 32.5. The van der Waals surface area contributed by atoms with Crippen LogP contribution in [-0.2, 0) is 31.3 Å². The molecule has 0 bridgehead atoms. The first-order valence-electron chi connectivity index (χ1n) is 22.5. The second-order valence-corrected chi connectivity index (χ2v) is 18.4. The molecule has 327 valence electrons. The number of aliphatic hydroxyl groups excluding tert-OH is 1. The zero-order valence-corrected chi connectivity index (χ0v) is 41.8. The molecule has 4 aromatic carbocycles. The van der Waals surface area contributed by atoms with Gasteiger partial charge >= 0.3 is 0 Å². The molecule has 6 aromatic rings. The summed E-state index contributed by atoms with van der Waals surface area (Å²) in [5.74, 6) is 0.912. The number of hydrogen-bond acceptors (Lipinski definition) is 4. The number of hydrogen-bond donors (Lipinski definition) is 1. The number of pyridine rings is 2. The number of ketones is 1. The van der Waals surface area contributed by atoms with Gasteiger partial charge in [0.1, 0.15) is 0 Å². The van der Waals surface area contributed by atoms with E-state index in [2.05, 4.69) is 144 Å². The maximum Gasteiger partial charge on any atom is 0.164 e. The smallest absolute Gasteiger partial charge is 0.164 e. The van der Waals surface area contributed by atoms with E-state index in [0.29, 0.717) is 17.5 Å². The molecular formula is C56H70IrN2O2-2. The molecule has 5 heteroatoms. The number of carbonyl (C=O) groups excluding carboxylic acids is 1. The fourth-order valence-electron chi connectivity index (χ4n) is 7.65. The molecular weight excluding hydrogens is 925 g/mol. The number of aromatic nitrogens is 2. The van der Waals surface area contributed by atoms with Crippen molar-refractivity contribution in [3.8, 4) is 22.5 Å². The Labute approximate surface area is 383 Å². The average Bonchev–Trinajstić information content (AvgIpc) is 3.19. The molecule has 0 aliphatic heterocycles. The number of rotatable bonds is 11.